The van der Waals surface area contributed by atoms with Gasteiger partial charge in [0, 0.05) is 36.1 Å². The summed E-state index contributed by atoms with van der Waals surface area (Å²) in [6.45, 7) is 3.93. The molecule has 9 heteroatoms. The minimum atomic E-state index is -0.765. The van der Waals surface area contributed by atoms with Crippen molar-refractivity contribution < 1.29 is 9.90 Å². The van der Waals surface area contributed by atoms with Gasteiger partial charge in [0.05, 0.1) is 18.1 Å². The third kappa shape index (κ3) is 4.32. The zero-order valence-electron chi connectivity index (χ0n) is 18.1. The number of likely N-dealkylation sites (tertiary alicyclic amines) is 1. The van der Waals surface area contributed by atoms with E-state index in [1.54, 1.807) is 6.20 Å². The summed E-state index contributed by atoms with van der Waals surface area (Å²) in [5, 5.41) is 20.8. The van der Waals surface area contributed by atoms with Crippen LogP contribution >= 0.6 is 11.3 Å². The zero-order valence-corrected chi connectivity index (χ0v) is 18.9. The highest BCUT2D eigenvalue weighted by Crippen LogP contribution is 2.40. The molecule has 0 spiro atoms. The summed E-state index contributed by atoms with van der Waals surface area (Å²) in [4.78, 5) is 27.8. The summed E-state index contributed by atoms with van der Waals surface area (Å²) in [7, 11) is 0. The minimum Gasteiger partial charge on any atom is -0.383 e. The van der Waals surface area contributed by atoms with E-state index >= 15 is 0 Å². The second-order valence-corrected chi connectivity index (χ2v) is 9.81. The molecule has 3 aromatic rings. The van der Waals surface area contributed by atoms with Crippen molar-refractivity contribution in [3.63, 3.8) is 0 Å². The molecule has 2 aliphatic rings. The van der Waals surface area contributed by atoms with Gasteiger partial charge in [0.25, 0.3) is 0 Å². The lowest BCUT2D eigenvalue weighted by Gasteiger charge is -2.47. The number of nitrogens with zero attached hydrogens (tertiary/aromatic N) is 4. The van der Waals surface area contributed by atoms with Gasteiger partial charge in [-0.2, -0.15) is 0 Å². The van der Waals surface area contributed by atoms with Crippen molar-refractivity contribution in [2.45, 2.75) is 50.3 Å². The number of rotatable bonds is 6. The maximum Gasteiger partial charge on any atom is 0.239 e. The van der Waals surface area contributed by atoms with Crippen molar-refractivity contribution in [1.29, 1.82) is 0 Å². The van der Waals surface area contributed by atoms with Crippen molar-refractivity contribution in [2.75, 3.05) is 25.0 Å². The largest absolute Gasteiger partial charge is 0.383 e. The molecule has 0 radical (unpaired) electrons. The Bertz CT molecular complexity index is 1090. The molecule has 0 bridgehead atoms. The molecule has 1 aromatic carbocycles. The average molecular weight is 453 g/mol. The Morgan fingerprint density at radius 1 is 1.25 bits per heavy atom. The van der Waals surface area contributed by atoms with Gasteiger partial charge >= 0.3 is 0 Å². The molecule has 2 aromatic heterocycles. The highest BCUT2D eigenvalue weighted by atomic mass is 32.1. The van der Waals surface area contributed by atoms with Gasteiger partial charge < -0.3 is 15.7 Å². The van der Waals surface area contributed by atoms with Crippen molar-refractivity contribution in [3.05, 3.63) is 46.7 Å². The van der Waals surface area contributed by atoms with Crippen LogP contribution in [0, 0.1) is 6.92 Å². The zero-order chi connectivity index (χ0) is 22.1. The third-order valence-corrected chi connectivity index (χ3v) is 7.58. The second kappa shape index (κ2) is 8.73. The molecule has 3 heterocycles. The van der Waals surface area contributed by atoms with Crippen LogP contribution < -0.4 is 10.6 Å². The molecule has 3 N–H and O–H groups in total. The van der Waals surface area contributed by atoms with Gasteiger partial charge in [-0.1, -0.05) is 11.6 Å². The van der Waals surface area contributed by atoms with E-state index in [1.807, 2.05) is 30.5 Å². The lowest BCUT2D eigenvalue weighted by atomic mass is 9.81. The molecule has 0 unspecified atom stereocenters. The highest BCUT2D eigenvalue weighted by molar-refractivity contribution is 7.09. The summed E-state index contributed by atoms with van der Waals surface area (Å²) in [5.74, 6) is 0.648. The molecule has 0 atom stereocenters. The van der Waals surface area contributed by atoms with Gasteiger partial charge in [0.2, 0.25) is 5.91 Å². The van der Waals surface area contributed by atoms with Crippen LogP contribution in [0.25, 0.3) is 10.9 Å². The molecule has 1 saturated heterocycles. The van der Waals surface area contributed by atoms with E-state index in [1.165, 1.54) is 17.7 Å². The summed E-state index contributed by atoms with van der Waals surface area (Å²) in [6, 6.07) is 6.65. The van der Waals surface area contributed by atoms with Gasteiger partial charge in [0.1, 0.15) is 22.8 Å². The molecule has 1 amide bonds. The first-order valence-electron chi connectivity index (χ1n) is 11.1. The average Bonchev–Trinajstić information content (AvgIpc) is 3.31. The van der Waals surface area contributed by atoms with Crippen LogP contribution in [0.5, 0.6) is 0 Å². The number of hydrogen-bond donors (Lipinski definition) is 3. The van der Waals surface area contributed by atoms with Gasteiger partial charge in [-0.25, -0.2) is 15.0 Å². The van der Waals surface area contributed by atoms with Gasteiger partial charge in [0.15, 0.2) is 0 Å². The number of fused-ring (bicyclic) bond motifs is 1. The first kappa shape index (κ1) is 21.2. The topological polar surface area (TPSA) is 103 Å². The number of amides is 1. The third-order valence-electron chi connectivity index (χ3n) is 6.61. The molecule has 1 aliphatic carbocycles. The Morgan fingerprint density at radius 2 is 2.06 bits per heavy atom. The normalized spacial score (nSPS) is 24.2. The first-order chi connectivity index (χ1) is 15.5. The van der Waals surface area contributed by atoms with Crippen LogP contribution in [0.3, 0.4) is 0 Å². The van der Waals surface area contributed by atoms with Crippen LogP contribution in [0.15, 0.2) is 36.1 Å². The number of benzene rings is 1. The standard InChI is InChI=1S/C23H28N6O2S/c1-15-2-3-19-18(10-15)21(27-14-26-19)25-11-20(30)28-16-12-29(13-16)17-4-6-23(31,7-5-17)22-24-8-9-32-22/h2-3,8-10,14,16-17,31H,4-7,11-13H2,1H3,(H,28,30)(H,25,26,27). The predicted octanol–water partition coefficient (Wildman–Crippen LogP) is 2.44. The van der Waals surface area contributed by atoms with Crippen molar-refractivity contribution in [1.82, 2.24) is 25.2 Å². The van der Waals surface area contributed by atoms with E-state index in [0.717, 1.165) is 60.2 Å². The Balaban J connectivity index is 1.07. The summed E-state index contributed by atoms with van der Waals surface area (Å²) in [5.41, 5.74) is 1.22. The summed E-state index contributed by atoms with van der Waals surface area (Å²) in [6.07, 6.45) is 6.68. The molecule has 1 saturated carbocycles. The molecular weight excluding hydrogens is 424 g/mol. The number of aliphatic hydroxyl groups is 1. The van der Waals surface area contributed by atoms with Crippen molar-refractivity contribution in [3.8, 4) is 0 Å². The smallest absolute Gasteiger partial charge is 0.239 e. The monoisotopic (exact) mass is 452 g/mol. The number of anilines is 1. The highest BCUT2D eigenvalue weighted by Gasteiger charge is 2.41. The summed E-state index contributed by atoms with van der Waals surface area (Å²) < 4.78 is 0. The first-order valence-corrected chi connectivity index (χ1v) is 12.0. The number of hydrogen-bond acceptors (Lipinski definition) is 8. The van der Waals surface area contributed by atoms with Crippen LogP contribution in [0.2, 0.25) is 0 Å². The lowest BCUT2D eigenvalue weighted by molar-refractivity contribution is -0.121. The summed E-state index contributed by atoms with van der Waals surface area (Å²) >= 11 is 1.53. The molecule has 168 valence electrons. The SMILES string of the molecule is Cc1ccc2ncnc(NCC(=O)NC3CN(C4CCC(O)(c5nccs5)CC4)C3)c2c1. The lowest BCUT2D eigenvalue weighted by Crippen LogP contribution is -2.63. The van der Waals surface area contributed by atoms with Crippen LogP contribution in [-0.2, 0) is 10.4 Å². The van der Waals surface area contributed by atoms with E-state index in [2.05, 4.69) is 30.5 Å². The van der Waals surface area contributed by atoms with Crippen LogP contribution in [0.1, 0.15) is 36.3 Å². The fourth-order valence-corrected chi connectivity index (χ4v) is 5.56. The fraction of sp³-hybridized carbons (Fsp3) is 0.478. The molecule has 1 aliphatic heterocycles. The van der Waals surface area contributed by atoms with Crippen LogP contribution in [0.4, 0.5) is 5.82 Å². The number of thiazole rings is 1. The predicted molar refractivity (Wildman–Crippen MR) is 125 cm³/mol. The number of carbonyl (C=O) groups is 1. The number of carbonyl (C=O) groups excluding carboxylic acids is 1. The van der Waals surface area contributed by atoms with E-state index in [-0.39, 0.29) is 18.5 Å². The van der Waals surface area contributed by atoms with Gasteiger partial charge in [-0.3, -0.25) is 9.69 Å². The Kier molecular flexibility index (Phi) is 5.79. The molecule has 5 rings (SSSR count). The van der Waals surface area contributed by atoms with E-state index in [4.69, 9.17) is 0 Å². The Morgan fingerprint density at radius 3 is 2.81 bits per heavy atom. The van der Waals surface area contributed by atoms with Gasteiger partial charge in [-0.05, 0) is 44.7 Å². The van der Waals surface area contributed by atoms with Crippen LogP contribution in [-0.4, -0.2) is 62.6 Å². The van der Waals surface area contributed by atoms with E-state index in [0.29, 0.717) is 11.9 Å². The molecule has 32 heavy (non-hydrogen) atoms. The Hall–Kier alpha value is -2.62. The van der Waals surface area contributed by atoms with E-state index in [9.17, 15) is 9.90 Å². The molecular formula is C23H28N6O2S. The quantitative estimate of drug-likeness (QED) is 0.528. The fourth-order valence-electron chi connectivity index (χ4n) is 4.77. The van der Waals surface area contributed by atoms with E-state index < -0.39 is 5.60 Å². The van der Waals surface area contributed by atoms with Crippen molar-refractivity contribution >= 4 is 34.0 Å². The maximum absolute atomic E-state index is 12.4. The Labute approximate surface area is 191 Å². The molecule has 8 nitrogen and oxygen atoms in total. The minimum absolute atomic E-state index is 0.0316. The number of aryl methyl sites for hydroxylation is 1. The number of aromatic nitrogens is 3. The number of nitrogens with one attached hydrogen (secondary N) is 2. The van der Waals surface area contributed by atoms with Crippen molar-refractivity contribution in [2.24, 2.45) is 0 Å². The maximum atomic E-state index is 12.4. The van der Waals surface area contributed by atoms with Gasteiger partial charge in [-0.15, -0.1) is 11.3 Å². The second-order valence-electron chi connectivity index (χ2n) is 8.91. The molecule has 2 fully saturated rings.